The van der Waals surface area contributed by atoms with E-state index in [1.165, 1.54) is 5.57 Å². The number of hydrogen-bond donors (Lipinski definition) is 2. The maximum atomic E-state index is 11.1. The Kier molecular flexibility index (Phi) is 3.74. The molecule has 0 bridgehead atoms. The van der Waals surface area contributed by atoms with Gasteiger partial charge in [0, 0.05) is 37.3 Å². The molecule has 1 heterocycles. The molecule has 0 radical (unpaired) electrons. The number of nitrogens with two attached hydrogens (primary N) is 1. The molecule has 0 aromatic rings. The predicted octanol–water partition coefficient (Wildman–Crippen LogP) is 1.14. The van der Waals surface area contributed by atoms with E-state index < -0.39 is 0 Å². The van der Waals surface area contributed by atoms with Crippen molar-refractivity contribution in [3.05, 3.63) is 23.9 Å². The molecule has 0 aromatic carbocycles. The Hall–Kier alpha value is -1.42. The van der Waals surface area contributed by atoms with Crippen LogP contribution in [0.2, 0.25) is 0 Å². The molecule has 1 aliphatic carbocycles. The van der Waals surface area contributed by atoms with Crippen LogP contribution in [-0.4, -0.2) is 24.2 Å². The summed E-state index contributed by atoms with van der Waals surface area (Å²) in [5.41, 5.74) is 7.31. The van der Waals surface area contributed by atoms with E-state index >= 15 is 0 Å². The van der Waals surface area contributed by atoms with Gasteiger partial charge in [-0.05, 0) is 19.3 Å². The van der Waals surface area contributed by atoms with Crippen molar-refractivity contribution < 1.29 is 4.79 Å². The number of aliphatic imine (C=N–C) groups is 1. The number of allylic oxidation sites excluding steroid dienone is 1. The van der Waals surface area contributed by atoms with Gasteiger partial charge in [-0.25, -0.2) is 0 Å². The number of carbonyl (C=O) groups is 1. The second kappa shape index (κ2) is 5.27. The second-order valence-electron chi connectivity index (χ2n) is 4.77. The van der Waals surface area contributed by atoms with E-state index in [4.69, 9.17) is 5.73 Å². The van der Waals surface area contributed by atoms with Crippen LogP contribution in [0.15, 0.2) is 28.9 Å². The van der Waals surface area contributed by atoms with Gasteiger partial charge in [-0.2, -0.15) is 0 Å². The van der Waals surface area contributed by atoms with Gasteiger partial charge in [0.2, 0.25) is 5.91 Å². The Balaban J connectivity index is 2.04. The summed E-state index contributed by atoms with van der Waals surface area (Å²) < 4.78 is 0. The fourth-order valence-corrected chi connectivity index (χ4v) is 2.51. The van der Waals surface area contributed by atoms with Crippen LogP contribution in [0.3, 0.4) is 0 Å². The number of hydrogen-bond acceptors (Lipinski definition) is 3. The number of amides is 1. The Bertz CT molecular complexity index is 384. The monoisotopic (exact) mass is 233 g/mol. The zero-order valence-corrected chi connectivity index (χ0v) is 10.1. The molecule has 1 aliphatic heterocycles. The standard InChI is InChI=1S/C13H19N3O/c1-9(17)16-13-6-11(5-12(14)7-13)10-3-2-4-15-8-10/h2,4-5,8,10,12-13H,3,6-7,14H2,1H3,(H,16,17). The normalized spacial score (nSPS) is 32.1. The van der Waals surface area contributed by atoms with Crippen molar-refractivity contribution >= 4 is 12.1 Å². The average molecular weight is 233 g/mol. The molecule has 0 saturated carbocycles. The minimum Gasteiger partial charge on any atom is -0.353 e. The minimum atomic E-state index is 0.0145. The molecule has 0 spiro atoms. The molecule has 0 aromatic heterocycles. The first-order valence-corrected chi connectivity index (χ1v) is 6.06. The molecule has 2 aliphatic rings. The summed E-state index contributed by atoms with van der Waals surface area (Å²) in [5.74, 6) is 0.364. The maximum absolute atomic E-state index is 11.1. The number of nitrogens with one attached hydrogen (secondary N) is 1. The SMILES string of the molecule is CC(=O)NC1CC(C2C=NC=CC2)=CC(N)C1. The molecular formula is C13H19N3O. The lowest BCUT2D eigenvalue weighted by atomic mass is 9.83. The first-order chi connectivity index (χ1) is 8.15. The first-order valence-electron chi connectivity index (χ1n) is 6.06. The van der Waals surface area contributed by atoms with Crippen LogP contribution in [0.25, 0.3) is 0 Å². The number of nitrogens with zero attached hydrogens (tertiary/aromatic N) is 1. The van der Waals surface area contributed by atoms with Gasteiger partial charge in [0.1, 0.15) is 0 Å². The van der Waals surface area contributed by atoms with Gasteiger partial charge in [0.25, 0.3) is 0 Å². The number of carbonyl (C=O) groups excluding carboxylic acids is 1. The molecule has 3 atom stereocenters. The highest BCUT2D eigenvalue weighted by atomic mass is 16.1. The molecule has 4 nitrogen and oxygen atoms in total. The zero-order valence-electron chi connectivity index (χ0n) is 10.1. The lowest BCUT2D eigenvalue weighted by Gasteiger charge is -2.30. The third-order valence-corrected chi connectivity index (χ3v) is 3.20. The summed E-state index contributed by atoms with van der Waals surface area (Å²) in [7, 11) is 0. The molecule has 1 amide bonds. The third-order valence-electron chi connectivity index (χ3n) is 3.20. The fraction of sp³-hybridized carbons (Fsp3) is 0.538. The van der Waals surface area contributed by atoms with Crippen LogP contribution < -0.4 is 11.1 Å². The highest BCUT2D eigenvalue weighted by Gasteiger charge is 2.24. The van der Waals surface area contributed by atoms with E-state index in [9.17, 15) is 4.79 Å². The van der Waals surface area contributed by atoms with Crippen molar-refractivity contribution in [3.63, 3.8) is 0 Å². The third kappa shape index (κ3) is 3.27. The van der Waals surface area contributed by atoms with Crippen molar-refractivity contribution in [2.24, 2.45) is 16.6 Å². The van der Waals surface area contributed by atoms with Gasteiger partial charge in [-0.1, -0.05) is 17.7 Å². The van der Waals surface area contributed by atoms with Crippen molar-refractivity contribution in [2.75, 3.05) is 0 Å². The molecule has 92 valence electrons. The van der Waals surface area contributed by atoms with Gasteiger partial charge in [-0.15, -0.1) is 0 Å². The van der Waals surface area contributed by atoms with Gasteiger partial charge in [-0.3, -0.25) is 9.79 Å². The fourth-order valence-electron chi connectivity index (χ4n) is 2.51. The number of rotatable bonds is 2. The van der Waals surface area contributed by atoms with Crippen LogP contribution in [0, 0.1) is 5.92 Å². The molecule has 0 fully saturated rings. The molecule has 3 N–H and O–H groups in total. The summed E-state index contributed by atoms with van der Waals surface area (Å²) in [6, 6.07) is 0.205. The van der Waals surface area contributed by atoms with E-state index in [0.717, 1.165) is 19.3 Å². The van der Waals surface area contributed by atoms with Crippen molar-refractivity contribution in [2.45, 2.75) is 38.3 Å². The molecular weight excluding hydrogens is 214 g/mol. The van der Waals surface area contributed by atoms with Crippen LogP contribution >= 0.6 is 0 Å². The highest BCUT2D eigenvalue weighted by Crippen LogP contribution is 2.27. The predicted molar refractivity (Wildman–Crippen MR) is 68.6 cm³/mol. The summed E-state index contributed by atoms with van der Waals surface area (Å²) in [5, 5.41) is 2.96. The maximum Gasteiger partial charge on any atom is 0.217 e. The average Bonchev–Trinajstić information content (AvgIpc) is 2.28. The summed E-state index contributed by atoms with van der Waals surface area (Å²) >= 11 is 0. The Labute approximate surface area is 102 Å². The quantitative estimate of drug-likeness (QED) is 0.702. The van der Waals surface area contributed by atoms with Crippen LogP contribution in [0.4, 0.5) is 0 Å². The molecule has 4 heteroatoms. The van der Waals surface area contributed by atoms with Gasteiger partial charge in [0.05, 0.1) is 0 Å². The lowest BCUT2D eigenvalue weighted by molar-refractivity contribution is -0.119. The van der Waals surface area contributed by atoms with Gasteiger partial charge in [0.15, 0.2) is 0 Å². The first kappa shape index (κ1) is 12.0. The van der Waals surface area contributed by atoms with Crippen LogP contribution in [-0.2, 0) is 4.79 Å². The second-order valence-corrected chi connectivity index (χ2v) is 4.77. The zero-order chi connectivity index (χ0) is 12.3. The van der Waals surface area contributed by atoms with E-state index in [1.807, 2.05) is 12.4 Å². The van der Waals surface area contributed by atoms with Crippen LogP contribution in [0.1, 0.15) is 26.2 Å². The molecule has 0 saturated heterocycles. The van der Waals surface area contributed by atoms with E-state index in [-0.39, 0.29) is 18.0 Å². The smallest absolute Gasteiger partial charge is 0.217 e. The van der Waals surface area contributed by atoms with E-state index in [1.54, 1.807) is 6.92 Å². The Morgan fingerprint density at radius 1 is 1.59 bits per heavy atom. The summed E-state index contributed by atoms with van der Waals surface area (Å²) in [6.07, 6.45) is 10.7. The van der Waals surface area contributed by atoms with Gasteiger partial charge < -0.3 is 11.1 Å². The summed E-state index contributed by atoms with van der Waals surface area (Å²) in [4.78, 5) is 15.3. The molecule has 2 rings (SSSR count). The molecule has 17 heavy (non-hydrogen) atoms. The van der Waals surface area contributed by atoms with E-state index in [2.05, 4.69) is 22.5 Å². The summed E-state index contributed by atoms with van der Waals surface area (Å²) in [6.45, 7) is 1.55. The minimum absolute atomic E-state index is 0.0145. The largest absolute Gasteiger partial charge is 0.353 e. The topological polar surface area (TPSA) is 67.5 Å². The highest BCUT2D eigenvalue weighted by molar-refractivity contribution is 5.73. The molecule has 3 unspecified atom stereocenters. The lowest BCUT2D eigenvalue weighted by Crippen LogP contribution is -2.41. The van der Waals surface area contributed by atoms with Crippen molar-refractivity contribution in [1.29, 1.82) is 0 Å². The Morgan fingerprint density at radius 3 is 3.06 bits per heavy atom. The van der Waals surface area contributed by atoms with Crippen molar-refractivity contribution in [3.8, 4) is 0 Å². The van der Waals surface area contributed by atoms with E-state index in [0.29, 0.717) is 5.92 Å². The van der Waals surface area contributed by atoms with Crippen molar-refractivity contribution in [1.82, 2.24) is 5.32 Å². The van der Waals surface area contributed by atoms with Gasteiger partial charge >= 0.3 is 0 Å². The Morgan fingerprint density at radius 2 is 2.41 bits per heavy atom. The van der Waals surface area contributed by atoms with Crippen LogP contribution in [0.5, 0.6) is 0 Å².